The van der Waals surface area contributed by atoms with Crippen LogP contribution in [0.5, 0.6) is 0 Å². The van der Waals surface area contributed by atoms with Crippen LogP contribution in [0.1, 0.15) is 50.9 Å². The third-order valence-corrected chi connectivity index (χ3v) is 3.51. The Labute approximate surface area is 86.6 Å². The molecule has 0 aromatic carbocycles. The van der Waals surface area contributed by atoms with E-state index in [4.69, 9.17) is 0 Å². The van der Waals surface area contributed by atoms with Crippen molar-refractivity contribution in [3.63, 3.8) is 0 Å². The molecule has 0 radical (unpaired) electrons. The lowest BCUT2D eigenvalue weighted by molar-refractivity contribution is -0.699. The van der Waals surface area contributed by atoms with Gasteiger partial charge in [-0.25, -0.2) is 9.13 Å². The summed E-state index contributed by atoms with van der Waals surface area (Å²) in [7, 11) is 0. The number of nitrogens with zero attached hydrogens (tertiary/aromatic N) is 2. The van der Waals surface area contributed by atoms with Gasteiger partial charge in [-0.15, -0.1) is 0 Å². The number of imidazole rings is 1. The van der Waals surface area contributed by atoms with Crippen molar-refractivity contribution in [1.82, 2.24) is 4.57 Å². The van der Waals surface area contributed by atoms with E-state index in [1.807, 2.05) is 0 Å². The standard InChI is InChI=1S/C12H21N2/c1-3-13-9-10-14(11(13)2)12-7-5-4-6-8-12/h9-10,12H,3-8H2,1-2H3/q+1. The molecule has 0 atom stereocenters. The van der Waals surface area contributed by atoms with Gasteiger partial charge in [-0.05, 0) is 32.6 Å². The van der Waals surface area contributed by atoms with Crippen LogP contribution in [0, 0.1) is 6.92 Å². The predicted molar refractivity (Wildman–Crippen MR) is 57.2 cm³/mol. The van der Waals surface area contributed by atoms with Gasteiger partial charge in [-0.3, -0.25) is 0 Å². The fourth-order valence-corrected chi connectivity index (χ4v) is 2.60. The molecule has 0 spiro atoms. The third kappa shape index (κ3) is 1.70. The molecule has 14 heavy (non-hydrogen) atoms. The summed E-state index contributed by atoms with van der Waals surface area (Å²) in [6.07, 6.45) is 11.5. The molecule has 1 aliphatic carbocycles. The van der Waals surface area contributed by atoms with Crippen molar-refractivity contribution in [3.8, 4) is 0 Å². The van der Waals surface area contributed by atoms with E-state index in [2.05, 4.69) is 35.4 Å². The smallest absolute Gasteiger partial charge is 0.235 e. The van der Waals surface area contributed by atoms with Crippen molar-refractivity contribution in [2.24, 2.45) is 0 Å². The zero-order valence-electron chi connectivity index (χ0n) is 9.37. The van der Waals surface area contributed by atoms with Crippen LogP contribution in [-0.2, 0) is 6.54 Å². The zero-order valence-corrected chi connectivity index (χ0v) is 9.37. The Kier molecular flexibility index (Phi) is 2.90. The minimum atomic E-state index is 0.775. The molecule has 1 aromatic rings. The second-order valence-corrected chi connectivity index (χ2v) is 4.33. The number of aryl methyl sites for hydroxylation is 1. The van der Waals surface area contributed by atoms with Crippen molar-refractivity contribution in [3.05, 3.63) is 18.2 Å². The molecule has 0 N–H and O–H groups in total. The first-order chi connectivity index (χ1) is 6.83. The Morgan fingerprint density at radius 3 is 2.64 bits per heavy atom. The number of aromatic nitrogens is 2. The molecule has 1 aliphatic rings. The van der Waals surface area contributed by atoms with E-state index in [0.29, 0.717) is 0 Å². The zero-order chi connectivity index (χ0) is 9.97. The first-order valence-electron chi connectivity index (χ1n) is 5.89. The molecule has 0 bridgehead atoms. The van der Waals surface area contributed by atoms with Gasteiger partial charge in [0.15, 0.2) is 0 Å². The van der Waals surface area contributed by atoms with Crippen LogP contribution in [0.15, 0.2) is 12.4 Å². The Balaban J connectivity index is 2.18. The fraction of sp³-hybridized carbons (Fsp3) is 0.750. The monoisotopic (exact) mass is 193 g/mol. The number of hydrogen-bond acceptors (Lipinski definition) is 0. The van der Waals surface area contributed by atoms with Gasteiger partial charge in [0, 0.05) is 6.92 Å². The summed E-state index contributed by atoms with van der Waals surface area (Å²) < 4.78 is 4.80. The summed E-state index contributed by atoms with van der Waals surface area (Å²) in [4.78, 5) is 0. The highest BCUT2D eigenvalue weighted by Gasteiger charge is 2.22. The van der Waals surface area contributed by atoms with Crippen LogP contribution in [0.3, 0.4) is 0 Å². The SMILES string of the molecule is CC[n+]1ccn(C2CCCCC2)c1C. The van der Waals surface area contributed by atoms with E-state index in [9.17, 15) is 0 Å². The second kappa shape index (κ2) is 4.16. The minimum Gasteiger partial charge on any atom is -0.235 e. The van der Waals surface area contributed by atoms with Crippen molar-refractivity contribution >= 4 is 0 Å². The number of rotatable bonds is 2. The summed E-state index contributed by atoms with van der Waals surface area (Å²) in [5, 5.41) is 0. The molecule has 0 unspecified atom stereocenters. The maximum atomic E-state index is 2.47. The Morgan fingerprint density at radius 2 is 2.07 bits per heavy atom. The molecule has 0 aliphatic heterocycles. The maximum Gasteiger partial charge on any atom is 0.253 e. The van der Waals surface area contributed by atoms with Crippen molar-refractivity contribution in [1.29, 1.82) is 0 Å². The van der Waals surface area contributed by atoms with Crippen LogP contribution in [0.2, 0.25) is 0 Å². The molecule has 0 saturated heterocycles. The predicted octanol–water partition coefficient (Wildman–Crippen LogP) is 2.61. The van der Waals surface area contributed by atoms with Crippen LogP contribution < -0.4 is 4.57 Å². The van der Waals surface area contributed by atoms with E-state index in [1.54, 1.807) is 0 Å². The lowest BCUT2D eigenvalue weighted by Crippen LogP contribution is -2.34. The van der Waals surface area contributed by atoms with Crippen molar-refractivity contribution < 1.29 is 4.57 Å². The van der Waals surface area contributed by atoms with Gasteiger partial charge in [0.2, 0.25) is 0 Å². The maximum absolute atomic E-state index is 2.47. The Bertz CT molecular complexity index is 295. The van der Waals surface area contributed by atoms with Gasteiger partial charge < -0.3 is 0 Å². The van der Waals surface area contributed by atoms with Gasteiger partial charge in [-0.2, -0.15) is 0 Å². The summed E-state index contributed by atoms with van der Waals surface area (Å²) in [5.41, 5.74) is 0. The van der Waals surface area contributed by atoms with E-state index in [1.165, 1.54) is 37.9 Å². The van der Waals surface area contributed by atoms with Crippen LogP contribution in [-0.4, -0.2) is 4.57 Å². The Morgan fingerprint density at radius 1 is 1.36 bits per heavy atom. The quantitative estimate of drug-likeness (QED) is 0.638. The van der Waals surface area contributed by atoms with Crippen molar-refractivity contribution in [2.45, 2.75) is 58.5 Å². The van der Waals surface area contributed by atoms with E-state index >= 15 is 0 Å². The van der Waals surface area contributed by atoms with Crippen LogP contribution in [0.4, 0.5) is 0 Å². The third-order valence-electron chi connectivity index (χ3n) is 3.51. The van der Waals surface area contributed by atoms with Gasteiger partial charge in [0.05, 0.1) is 6.54 Å². The summed E-state index contributed by atoms with van der Waals surface area (Å²) in [6.45, 7) is 5.53. The molecule has 1 heterocycles. The van der Waals surface area contributed by atoms with E-state index in [-0.39, 0.29) is 0 Å². The molecular weight excluding hydrogens is 172 g/mol. The molecule has 2 heteroatoms. The lowest BCUT2D eigenvalue weighted by atomic mass is 9.95. The molecule has 1 aromatic heterocycles. The molecule has 1 fully saturated rings. The number of hydrogen-bond donors (Lipinski definition) is 0. The molecule has 0 amide bonds. The molecule has 78 valence electrons. The normalized spacial score (nSPS) is 18.7. The van der Waals surface area contributed by atoms with Gasteiger partial charge in [-0.1, -0.05) is 6.42 Å². The summed E-state index contributed by atoms with van der Waals surface area (Å²) >= 11 is 0. The van der Waals surface area contributed by atoms with Crippen LogP contribution in [0.25, 0.3) is 0 Å². The van der Waals surface area contributed by atoms with Gasteiger partial charge in [0.1, 0.15) is 18.4 Å². The molecule has 2 nitrogen and oxygen atoms in total. The first kappa shape index (κ1) is 9.75. The molecule has 2 rings (SSSR count). The average molecular weight is 193 g/mol. The fourth-order valence-electron chi connectivity index (χ4n) is 2.60. The average Bonchev–Trinajstić information content (AvgIpc) is 2.61. The van der Waals surface area contributed by atoms with Crippen molar-refractivity contribution in [2.75, 3.05) is 0 Å². The van der Waals surface area contributed by atoms with Gasteiger partial charge in [0.25, 0.3) is 5.82 Å². The highest BCUT2D eigenvalue weighted by atomic mass is 15.2. The second-order valence-electron chi connectivity index (χ2n) is 4.33. The first-order valence-corrected chi connectivity index (χ1v) is 5.89. The van der Waals surface area contributed by atoms with Gasteiger partial charge >= 0.3 is 0 Å². The highest BCUT2D eigenvalue weighted by molar-refractivity contribution is 4.86. The molecular formula is C12H21N2+. The topological polar surface area (TPSA) is 8.81 Å². The largest absolute Gasteiger partial charge is 0.253 e. The highest BCUT2D eigenvalue weighted by Crippen LogP contribution is 2.28. The summed E-state index contributed by atoms with van der Waals surface area (Å²) in [6, 6.07) is 0.775. The van der Waals surface area contributed by atoms with E-state index < -0.39 is 0 Å². The van der Waals surface area contributed by atoms with E-state index in [0.717, 1.165) is 12.6 Å². The minimum absolute atomic E-state index is 0.775. The summed E-state index contributed by atoms with van der Waals surface area (Å²) in [5.74, 6) is 1.42. The molecule has 1 saturated carbocycles. The lowest BCUT2D eigenvalue weighted by Gasteiger charge is -2.19. The Hall–Kier alpha value is -0.790. The van der Waals surface area contributed by atoms with Crippen LogP contribution >= 0.6 is 0 Å².